The quantitative estimate of drug-likeness (QED) is 0.374. The summed E-state index contributed by atoms with van der Waals surface area (Å²) in [4.78, 5) is 9.75. The fraction of sp³-hybridized carbons (Fsp3) is 0.143. The van der Waals surface area contributed by atoms with Crippen molar-refractivity contribution in [2.75, 3.05) is 5.73 Å². The summed E-state index contributed by atoms with van der Waals surface area (Å²) in [6.45, 7) is 1.57. The Bertz CT molecular complexity index is 336. The molecule has 0 aromatic heterocycles. The first-order chi connectivity index (χ1) is 5.52. The Morgan fingerprint density at radius 2 is 2.17 bits per heavy atom. The number of hydrogen-bond acceptors (Lipinski definition) is 4. The molecule has 0 spiro atoms. The third kappa shape index (κ3) is 1.29. The molecule has 0 aliphatic carbocycles. The molecule has 0 aliphatic rings. The number of nitrogens with two attached hydrogens (primary N) is 1. The minimum Gasteiger partial charge on any atom is -0.508 e. The van der Waals surface area contributed by atoms with E-state index in [0.29, 0.717) is 5.56 Å². The molecule has 3 N–H and O–H groups in total. The number of nitro benzene ring substituents is 1. The number of nitrogens with zero attached hydrogens (tertiary/aromatic N) is 1. The van der Waals surface area contributed by atoms with E-state index in [0.717, 1.165) is 0 Å². The van der Waals surface area contributed by atoms with Crippen LogP contribution in [0.4, 0.5) is 11.4 Å². The fourth-order valence-corrected chi connectivity index (χ4v) is 0.856. The first-order valence-corrected chi connectivity index (χ1v) is 3.26. The van der Waals surface area contributed by atoms with Gasteiger partial charge in [0, 0.05) is 12.1 Å². The Balaban J connectivity index is 3.33. The molecule has 0 unspecified atom stereocenters. The van der Waals surface area contributed by atoms with Crippen molar-refractivity contribution < 1.29 is 10.0 Å². The highest BCUT2D eigenvalue weighted by atomic mass is 16.6. The number of nitrogen functional groups attached to an aromatic ring is 1. The molecule has 0 heterocycles. The van der Waals surface area contributed by atoms with Gasteiger partial charge in [-0.15, -0.1) is 0 Å². The molecule has 0 saturated carbocycles. The molecular formula is C7H8N2O3. The van der Waals surface area contributed by atoms with Crippen molar-refractivity contribution in [1.82, 2.24) is 0 Å². The van der Waals surface area contributed by atoms with E-state index in [1.807, 2.05) is 0 Å². The number of phenolic OH excluding ortho intramolecular Hbond substituents is 1. The van der Waals surface area contributed by atoms with Crippen LogP contribution in [0.25, 0.3) is 0 Å². The normalized spacial score (nSPS) is 9.75. The number of benzene rings is 1. The van der Waals surface area contributed by atoms with Gasteiger partial charge in [0.2, 0.25) is 0 Å². The van der Waals surface area contributed by atoms with Crippen LogP contribution in [0.5, 0.6) is 5.75 Å². The maximum Gasteiger partial charge on any atom is 0.292 e. The molecule has 0 amide bonds. The van der Waals surface area contributed by atoms with E-state index >= 15 is 0 Å². The smallest absolute Gasteiger partial charge is 0.292 e. The van der Waals surface area contributed by atoms with Gasteiger partial charge in [0.25, 0.3) is 5.69 Å². The molecule has 0 atom stereocenters. The van der Waals surface area contributed by atoms with Crippen LogP contribution in [0.15, 0.2) is 12.1 Å². The topological polar surface area (TPSA) is 89.4 Å². The van der Waals surface area contributed by atoms with E-state index in [1.54, 1.807) is 6.92 Å². The van der Waals surface area contributed by atoms with Crippen LogP contribution < -0.4 is 5.73 Å². The highest BCUT2D eigenvalue weighted by molar-refractivity contribution is 5.62. The highest BCUT2D eigenvalue weighted by Crippen LogP contribution is 2.28. The van der Waals surface area contributed by atoms with Crippen molar-refractivity contribution in [1.29, 1.82) is 0 Å². The largest absolute Gasteiger partial charge is 0.508 e. The van der Waals surface area contributed by atoms with Crippen molar-refractivity contribution in [2.24, 2.45) is 0 Å². The summed E-state index contributed by atoms with van der Waals surface area (Å²) in [5.41, 5.74) is 5.53. The van der Waals surface area contributed by atoms with Gasteiger partial charge in [-0.3, -0.25) is 10.1 Å². The first kappa shape index (κ1) is 8.32. The average molecular weight is 168 g/mol. The molecule has 0 saturated heterocycles. The second-order valence-electron chi connectivity index (χ2n) is 2.45. The summed E-state index contributed by atoms with van der Waals surface area (Å²) in [6, 6.07) is 2.41. The molecule has 64 valence electrons. The summed E-state index contributed by atoms with van der Waals surface area (Å²) < 4.78 is 0. The van der Waals surface area contributed by atoms with E-state index in [1.165, 1.54) is 12.1 Å². The van der Waals surface area contributed by atoms with E-state index in [2.05, 4.69) is 0 Å². The van der Waals surface area contributed by atoms with Gasteiger partial charge in [0.05, 0.1) is 4.92 Å². The van der Waals surface area contributed by atoms with Gasteiger partial charge >= 0.3 is 0 Å². The van der Waals surface area contributed by atoms with Crippen LogP contribution in [0.1, 0.15) is 5.56 Å². The Kier molecular flexibility index (Phi) is 1.86. The fourth-order valence-electron chi connectivity index (χ4n) is 0.856. The van der Waals surface area contributed by atoms with Gasteiger partial charge in [-0.05, 0) is 12.5 Å². The number of aromatic hydroxyl groups is 1. The van der Waals surface area contributed by atoms with Gasteiger partial charge in [0.15, 0.2) is 0 Å². The molecule has 0 aliphatic heterocycles. The zero-order valence-corrected chi connectivity index (χ0v) is 6.44. The summed E-state index contributed by atoms with van der Waals surface area (Å²) >= 11 is 0. The lowest BCUT2D eigenvalue weighted by molar-refractivity contribution is -0.384. The lowest BCUT2D eigenvalue weighted by Crippen LogP contribution is -1.95. The first-order valence-electron chi connectivity index (χ1n) is 3.26. The lowest BCUT2D eigenvalue weighted by Gasteiger charge is -2.00. The van der Waals surface area contributed by atoms with Crippen LogP contribution in [0.3, 0.4) is 0 Å². The van der Waals surface area contributed by atoms with Crippen LogP contribution in [-0.2, 0) is 0 Å². The molecule has 0 radical (unpaired) electrons. The summed E-state index contributed by atoms with van der Waals surface area (Å²) in [7, 11) is 0. The minimum atomic E-state index is -0.582. The van der Waals surface area contributed by atoms with Crippen molar-refractivity contribution in [3.05, 3.63) is 27.8 Å². The molecule has 5 heteroatoms. The zero-order valence-electron chi connectivity index (χ0n) is 6.44. The minimum absolute atomic E-state index is 0.0249. The van der Waals surface area contributed by atoms with Gasteiger partial charge in [0.1, 0.15) is 11.4 Å². The van der Waals surface area contributed by atoms with Gasteiger partial charge in [-0.25, -0.2) is 0 Å². The van der Waals surface area contributed by atoms with Gasteiger partial charge < -0.3 is 10.8 Å². The van der Waals surface area contributed by atoms with E-state index in [-0.39, 0.29) is 17.1 Å². The molecule has 1 rings (SSSR count). The number of phenols is 1. The van der Waals surface area contributed by atoms with Crippen molar-refractivity contribution >= 4 is 11.4 Å². The van der Waals surface area contributed by atoms with Crippen LogP contribution in [0.2, 0.25) is 0 Å². The monoisotopic (exact) mass is 168 g/mol. The maximum atomic E-state index is 10.3. The summed E-state index contributed by atoms with van der Waals surface area (Å²) in [5, 5.41) is 19.4. The van der Waals surface area contributed by atoms with Gasteiger partial charge in [-0.2, -0.15) is 0 Å². The lowest BCUT2D eigenvalue weighted by atomic mass is 10.2. The number of aryl methyl sites for hydroxylation is 1. The highest BCUT2D eigenvalue weighted by Gasteiger charge is 2.13. The van der Waals surface area contributed by atoms with Crippen molar-refractivity contribution in [2.45, 2.75) is 6.92 Å². The van der Waals surface area contributed by atoms with E-state index < -0.39 is 4.92 Å². The van der Waals surface area contributed by atoms with Crippen molar-refractivity contribution in [3.8, 4) is 5.75 Å². The SMILES string of the molecule is Cc1cc([N+](=O)[O-])c(N)cc1O. The standard InChI is InChI=1S/C7H8N2O3/c1-4-2-6(9(11)12)5(8)3-7(4)10/h2-3,10H,8H2,1H3. The molecule has 1 aromatic rings. The molecule has 0 fully saturated rings. The average Bonchev–Trinajstić information content (AvgIpc) is 1.96. The predicted molar refractivity (Wildman–Crippen MR) is 43.9 cm³/mol. The number of rotatable bonds is 1. The number of anilines is 1. The predicted octanol–water partition coefficient (Wildman–Crippen LogP) is 1.19. The van der Waals surface area contributed by atoms with Crippen LogP contribution >= 0.6 is 0 Å². The molecule has 0 bridgehead atoms. The maximum absolute atomic E-state index is 10.3. The number of nitro groups is 1. The second-order valence-corrected chi connectivity index (χ2v) is 2.45. The molecule has 12 heavy (non-hydrogen) atoms. The molecular weight excluding hydrogens is 160 g/mol. The van der Waals surface area contributed by atoms with Crippen LogP contribution in [0, 0.1) is 17.0 Å². The third-order valence-corrected chi connectivity index (χ3v) is 1.54. The van der Waals surface area contributed by atoms with Crippen LogP contribution in [-0.4, -0.2) is 10.0 Å². The summed E-state index contributed by atoms with van der Waals surface area (Å²) in [5.74, 6) is -0.0295. The van der Waals surface area contributed by atoms with Crippen molar-refractivity contribution in [3.63, 3.8) is 0 Å². The Morgan fingerprint density at radius 3 is 2.67 bits per heavy atom. The summed E-state index contributed by atoms with van der Waals surface area (Å²) in [6.07, 6.45) is 0. The van der Waals surface area contributed by atoms with E-state index in [4.69, 9.17) is 10.8 Å². The molecule has 1 aromatic carbocycles. The second kappa shape index (κ2) is 2.69. The van der Waals surface area contributed by atoms with Gasteiger partial charge in [-0.1, -0.05) is 0 Å². The Hall–Kier alpha value is -1.78. The number of hydrogen-bond donors (Lipinski definition) is 2. The Morgan fingerprint density at radius 1 is 1.58 bits per heavy atom. The third-order valence-electron chi connectivity index (χ3n) is 1.54. The Labute approximate surface area is 68.6 Å². The molecule has 5 nitrogen and oxygen atoms in total. The zero-order chi connectivity index (χ0) is 9.30. The van der Waals surface area contributed by atoms with E-state index in [9.17, 15) is 10.1 Å².